The molecule has 1 heterocycles. The Morgan fingerprint density at radius 2 is 2.13 bits per heavy atom. The van der Waals surface area contributed by atoms with Crippen LogP contribution in [0.4, 0.5) is 9.52 Å². The number of carbonyl (C=O) groups excluding carboxylic acids is 1. The van der Waals surface area contributed by atoms with Crippen LogP contribution in [0.15, 0.2) is 36.4 Å². The van der Waals surface area contributed by atoms with E-state index in [-0.39, 0.29) is 5.56 Å². The second-order valence-corrected chi connectivity index (χ2v) is 6.05. The third-order valence-electron chi connectivity index (χ3n) is 3.26. The van der Waals surface area contributed by atoms with E-state index >= 15 is 0 Å². The number of amides is 1. The van der Waals surface area contributed by atoms with Crippen LogP contribution in [0.25, 0.3) is 10.2 Å². The Bertz CT molecular complexity index is 876. The van der Waals surface area contributed by atoms with Gasteiger partial charge >= 0.3 is 0 Å². The quantitative estimate of drug-likeness (QED) is 0.771. The number of carbonyl (C=O) groups is 1. The maximum Gasteiger partial charge on any atom is 0.260 e. The van der Waals surface area contributed by atoms with E-state index < -0.39 is 11.7 Å². The van der Waals surface area contributed by atoms with Crippen LogP contribution >= 0.6 is 11.3 Å². The molecule has 0 aliphatic heterocycles. The standard InChI is InChI=1S/C17H15FN2O2S/c1-3-22-11-5-7-14-15(9-11)23-17(19-14)20-16(21)12-8-10(2)4-6-13(12)18/h4-9H,3H2,1-2H3,(H,19,20,21). The largest absolute Gasteiger partial charge is 0.494 e. The minimum absolute atomic E-state index is 0.0132. The first-order chi connectivity index (χ1) is 11.1. The number of nitrogens with zero attached hydrogens (tertiary/aromatic N) is 1. The molecule has 0 spiro atoms. The predicted octanol–water partition coefficient (Wildman–Crippen LogP) is 4.39. The van der Waals surface area contributed by atoms with Gasteiger partial charge in [0.25, 0.3) is 5.91 Å². The summed E-state index contributed by atoms with van der Waals surface area (Å²) >= 11 is 1.32. The molecule has 3 rings (SSSR count). The van der Waals surface area contributed by atoms with Crippen LogP contribution in [0.3, 0.4) is 0 Å². The van der Waals surface area contributed by atoms with Crippen molar-refractivity contribution in [3.05, 3.63) is 53.3 Å². The average Bonchev–Trinajstić information content (AvgIpc) is 2.91. The molecule has 23 heavy (non-hydrogen) atoms. The van der Waals surface area contributed by atoms with Crippen LogP contribution in [0, 0.1) is 12.7 Å². The highest BCUT2D eigenvalue weighted by Gasteiger charge is 2.14. The lowest BCUT2D eigenvalue weighted by Gasteiger charge is -2.04. The molecule has 4 nitrogen and oxygen atoms in total. The molecule has 0 fully saturated rings. The van der Waals surface area contributed by atoms with E-state index in [9.17, 15) is 9.18 Å². The monoisotopic (exact) mass is 330 g/mol. The Kier molecular flexibility index (Phi) is 4.25. The van der Waals surface area contributed by atoms with E-state index in [0.29, 0.717) is 11.7 Å². The first-order valence-corrected chi connectivity index (χ1v) is 7.99. The molecule has 2 aromatic carbocycles. The van der Waals surface area contributed by atoms with Crippen molar-refractivity contribution >= 4 is 32.6 Å². The summed E-state index contributed by atoms with van der Waals surface area (Å²) < 4.78 is 20.1. The molecular formula is C17H15FN2O2S. The van der Waals surface area contributed by atoms with E-state index in [1.165, 1.54) is 23.5 Å². The average molecular weight is 330 g/mol. The van der Waals surface area contributed by atoms with Gasteiger partial charge in [-0.15, -0.1) is 0 Å². The minimum Gasteiger partial charge on any atom is -0.494 e. The summed E-state index contributed by atoms with van der Waals surface area (Å²) in [6.07, 6.45) is 0. The Labute approximate surface area is 136 Å². The van der Waals surface area contributed by atoms with Crippen molar-refractivity contribution < 1.29 is 13.9 Å². The summed E-state index contributed by atoms with van der Waals surface area (Å²) in [6.45, 7) is 4.31. The zero-order valence-electron chi connectivity index (χ0n) is 12.7. The molecule has 118 valence electrons. The molecule has 0 radical (unpaired) electrons. The van der Waals surface area contributed by atoms with E-state index in [1.807, 2.05) is 32.0 Å². The van der Waals surface area contributed by atoms with Crippen molar-refractivity contribution in [3.8, 4) is 5.75 Å². The fraction of sp³-hybridized carbons (Fsp3) is 0.176. The summed E-state index contributed by atoms with van der Waals surface area (Å²) in [4.78, 5) is 16.6. The SMILES string of the molecule is CCOc1ccc2nc(NC(=O)c3cc(C)ccc3F)sc2c1. The number of anilines is 1. The summed E-state index contributed by atoms with van der Waals surface area (Å²) in [5.74, 6) is -0.297. The highest BCUT2D eigenvalue weighted by molar-refractivity contribution is 7.22. The lowest BCUT2D eigenvalue weighted by atomic mass is 10.1. The molecule has 1 aromatic heterocycles. The van der Waals surface area contributed by atoms with Crippen molar-refractivity contribution in [1.82, 2.24) is 4.98 Å². The molecule has 0 unspecified atom stereocenters. The summed E-state index contributed by atoms with van der Waals surface area (Å²) in [5.41, 5.74) is 1.60. The third-order valence-corrected chi connectivity index (χ3v) is 4.19. The number of nitrogens with one attached hydrogen (secondary N) is 1. The van der Waals surface area contributed by atoms with Crippen LogP contribution in [-0.2, 0) is 0 Å². The fourth-order valence-electron chi connectivity index (χ4n) is 2.19. The van der Waals surface area contributed by atoms with Gasteiger partial charge in [0.1, 0.15) is 11.6 Å². The number of ether oxygens (including phenoxy) is 1. The van der Waals surface area contributed by atoms with Crippen LogP contribution < -0.4 is 10.1 Å². The van der Waals surface area contributed by atoms with Gasteiger partial charge in [-0.2, -0.15) is 0 Å². The maximum absolute atomic E-state index is 13.8. The molecule has 0 aliphatic rings. The zero-order valence-corrected chi connectivity index (χ0v) is 13.5. The van der Waals surface area contributed by atoms with E-state index in [4.69, 9.17) is 4.74 Å². The van der Waals surface area contributed by atoms with Crippen LogP contribution in [-0.4, -0.2) is 17.5 Å². The highest BCUT2D eigenvalue weighted by atomic mass is 32.1. The zero-order chi connectivity index (χ0) is 16.4. The van der Waals surface area contributed by atoms with Gasteiger partial charge in [-0.05, 0) is 44.2 Å². The van der Waals surface area contributed by atoms with Crippen LogP contribution in [0.5, 0.6) is 5.75 Å². The molecule has 0 saturated heterocycles. The number of hydrogen-bond acceptors (Lipinski definition) is 4. The number of thiazole rings is 1. The Hall–Kier alpha value is -2.47. The van der Waals surface area contributed by atoms with Gasteiger partial charge in [-0.1, -0.05) is 23.0 Å². The van der Waals surface area contributed by atoms with E-state index in [1.54, 1.807) is 6.07 Å². The number of aromatic nitrogens is 1. The van der Waals surface area contributed by atoms with Gasteiger partial charge in [0.2, 0.25) is 0 Å². The second-order valence-electron chi connectivity index (χ2n) is 5.02. The number of halogens is 1. The molecule has 1 N–H and O–H groups in total. The van der Waals surface area contributed by atoms with Gasteiger partial charge in [0.15, 0.2) is 5.13 Å². The number of fused-ring (bicyclic) bond motifs is 1. The minimum atomic E-state index is -0.548. The topological polar surface area (TPSA) is 51.2 Å². The number of benzene rings is 2. The third kappa shape index (κ3) is 3.32. The molecule has 0 bridgehead atoms. The molecule has 0 aliphatic carbocycles. The van der Waals surface area contributed by atoms with E-state index in [0.717, 1.165) is 21.5 Å². The first kappa shape index (κ1) is 15.4. The maximum atomic E-state index is 13.8. The highest BCUT2D eigenvalue weighted by Crippen LogP contribution is 2.29. The Balaban J connectivity index is 1.86. The number of hydrogen-bond donors (Lipinski definition) is 1. The lowest BCUT2D eigenvalue weighted by molar-refractivity contribution is 0.102. The molecule has 1 amide bonds. The van der Waals surface area contributed by atoms with Gasteiger partial charge in [0, 0.05) is 0 Å². The molecule has 0 saturated carbocycles. The summed E-state index contributed by atoms with van der Waals surface area (Å²) in [6, 6.07) is 9.97. The van der Waals surface area contributed by atoms with Gasteiger partial charge in [-0.25, -0.2) is 9.37 Å². The van der Waals surface area contributed by atoms with Gasteiger partial charge < -0.3 is 4.74 Å². The second kappa shape index (κ2) is 6.34. The normalized spacial score (nSPS) is 10.7. The Morgan fingerprint density at radius 3 is 2.91 bits per heavy atom. The molecule has 6 heteroatoms. The van der Waals surface area contributed by atoms with Crippen molar-refractivity contribution in [3.63, 3.8) is 0 Å². The molecular weight excluding hydrogens is 315 g/mol. The van der Waals surface area contributed by atoms with Gasteiger partial charge in [-0.3, -0.25) is 10.1 Å². The predicted molar refractivity (Wildman–Crippen MR) is 89.9 cm³/mol. The fourth-order valence-corrected chi connectivity index (χ4v) is 3.08. The lowest BCUT2D eigenvalue weighted by Crippen LogP contribution is -2.13. The Morgan fingerprint density at radius 1 is 1.30 bits per heavy atom. The van der Waals surface area contributed by atoms with Crippen molar-refractivity contribution in [2.75, 3.05) is 11.9 Å². The first-order valence-electron chi connectivity index (χ1n) is 7.17. The molecule has 0 atom stereocenters. The molecule has 3 aromatic rings. The summed E-state index contributed by atoms with van der Waals surface area (Å²) in [5, 5.41) is 3.08. The van der Waals surface area contributed by atoms with Crippen LogP contribution in [0.2, 0.25) is 0 Å². The van der Waals surface area contributed by atoms with Gasteiger partial charge in [0.05, 0.1) is 22.4 Å². The smallest absolute Gasteiger partial charge is 0.260 e. The van der Waals surface area contributed by atoms with Crippen molar-refractivity contribution in [2.45, 2.75) is 13.8 Å². The number of rotatable bonds is 4. The number of aryl methyl sites for hydroxylation is 1. The van der Waals surface area contributed by atoms with Crippen molar-refractivity contribution in [2.24, 2.45) is 0 Å². The van der Waals surface area contributed by atoms with E-state index in [2.05, 4.69) is 10.3 Å². The van der Waals surface area contributed by atoms with Crippen molar-refractivity contribution in [1.29, 1.82) is 0 Å². The van der Waals surface area contributed by atoms with Crippen LogP contribution in [0.1, 0.15) is 22.8 Å². The summed E-state index contributed by atoms with van der Waals surface area (Å²) in [7, 11) is 0.